The Morgan fingerprint density at radius 1 is 0.548 bits per heavy atom. The number of benzene rings is 2. The average molecular weight is 577 g/mol. The second-order valence-corrected chi connectivity index (χ2v) is 10.6. The third-order valence-electron chi connectivity index (χ3n) is 6.93. The Balaban J connectivity index is 1.55. The van der Waals surface area contributed by atoms with E-state index in [2.05, 4.69) is 24.5 Å². The van der Waals surface area contributed by atoms with E-state index in [9.17, 15) is 9.59 Å². The highest BCUT2D eigenvalue weighted by Gasteiger charge is 2.04. The fourth-order valence-electron chi connectivity index (χ4n) is 4.35. The molecule has 6 heteroatoms. The minimum Gasteiger partial charge on any atom is -0.494 e. The molecule has 0 saturated carbocycles. The second kappa shape index (κ2) is 23.1. The van der Waals surface area contributed by atoms with Crippen LogP contribution in [0.1, 0.15) is 112 Å². The van der Waals surface area contributed by atoms with Crippen LogP contribution in [0, 0.1) is 0 Å². The number of hydrogen-bond acceptors (Lipinski definition) is 6. The quantitative estimate of drug-likeness (QED) is 0.0702. The van der Waals surface area contributed by atoms with Crippen LogP contribution in [0.2, 0.25) is 0 Å². The molecule has 230 valence electrons. The molecule has 2 aromatic rings. The maximum absolute atomic E-state index is 12.4. The third kappa shape index (κ3) is 16.0. The lowest BCUT2D eigenvalue weighted by Gasteiger charge is -2.07. The monoisotopic (exact) mass is 576 g/mol. The summed E-state index contributed by atoms with van der Waals surface area (Å²) < 4.78 is 11.6. The predicted molar refractivity (Wildman–Crippen MR) is 174 cm³/mol. The first-order chi connectivity index (χ1) is 20.6. The van der Waals surface area contributed by atoms with Crippen molar-refractivity contribution in [3.8, 4) is 11.5 Å². The van der Waals surface area contributed by atoms with Crippen LogP contribution in [0.25, 0.3) is 0 Å². The highest BCUT2D eigenvalue weighted by Crippen LogP contribution is 2.15. The van der Waals surface area contributed by atoms with Crippen molar-refractivity contribution < 1.29 is 19.1 Å². The molecule has 0 radical (unpaired) electrons. The maximum Gasteiger partial charge on any atom is 0.187 e. The van der Waals surface area contributed by atoms with Gasteiger partial charge in [-0.15, -0.1) is 0 Å². The highest BCUT2D eigenvalue weighted by atomic mass is 16.5. The molecule has 6 nitrogen and oxygen atoms in total. The Morgan fingerprint density at radius 3 is 1.29 bits per heavy atom. The number of ketones is 2. The molecule has 0 heterocycles. The SMILES string of the molecule is CCCCCCCCOc1ccc(C(=O)/C=C/NCCN/C=C/C(=O)c2ccc(OCCCCCCCC)cc2)cc1. The lowest BCUT2D eigenvalue weighted by molar-refractivity contribution is 0.103. The zero-order chi connectivity index (χ0) is 30.1. The molecule has 0 unspecified atom stereocenters. The molecule has 0 aliphatic carbocycles. The van der Waals surface area contributed by atoms with Gasteiger partial charge in [0.15, 0.2) is 11.6 Å². The maximum atomic E-state index is 12.4. The third-order valence-corrected chi connectivity index (χ3v) is 6.93. The Hall–Kier alpha value is -3.54. The Bertz CT molecular complexity index is 960. The molecule has 0 aliphatic heterocycles. The topological polar surface area (TPSA) is 76.7 Å². The van der Waals surface area contributed by atoms with Gasteiger partial charge >= 0.3 is 0 Å². The number of ether oxygens (including phenoxy) is 2. The molecule has 0 bridgehead atoms. The summed E-state index contributed by atoms with van der Waals surface area (Å²) in [4.78, 5) is 24.8. The zero-order valence-electron chi connectivity index (χ0n) is 25.9. The van der Waals surface area contributed by atoms with Gasteiger partial charge in [0.1, 0.15) is 11.5 Å². The second-order valence-electron chi connectivity index (χ2n) is 10.6. The van der Waals surface area contributed by atoms with Gasteiger partial charge in [-0.1, -0.05) is 78.1 Å². The molecular formula is C36H52N2O4. The van der Waals surface area contributed by atoms with Gasteiger partial charge in [-0.25, -0.2) is 0 Å². The van der Waals surface area contributed by atoms with Gasteiger partial charge in [0.25, 0.3) is 0 Å². The van der Waals surface area contributed by atoms with Gasteiger partial charge in [0, 0.05) is 48.8 Å². The molecule has 2 N–H and O–H groups in total. The van der Waals surface area contributed by atoms with E-state index in [4.69, 9.17) is 9.47 Å². The summed E-state index contributed by atoms with van der Waals surface area (Å²) in [6, 6.07) is 14.6. The van der Waals surface area contributed by atoms with Crippen molar-refractivity contribution in [1.82, 2.24) is 10.6 Å². The Morgan fingerprint density at radius 2 is 0.905 bits per heavy atom. The van der Waals surface area contributed by atoms with Crippen molar-refractivity contribution in [1.29, 1.82) is 0 Å². The van der Waals surface area contributed by atoms with Gasteiger partial charge in [-0.3, -0.25) is 9.59 Å². The van der Waals surface area contributed by atoms with E-state index in [1.807, 2.05) is 24.3 Å². The molecule has 0 amide bonds. The van der Waals surface area contributed by atoms with E-state index < -0.39 is 0 Å². The molecule has 0 aromatic heterocycles. The normalized spacial score (nSPS) is 11.2. The van der Waals surface area contributed by atoms with Crippen molar-refractivity contribution in [2.24, 2.45) is 0 Å². The van der Waals surface area contributed by atoms with Crippen LogP contribution in [-0.2, 0) is 0 Å². The summed E-state index contributed by atoms with van der Waals surface area (Å²) in [6.45, 7) is 7.09. The Labute approximate surface area is 254 Å². The first-order valence-corrected chi connectivity index (χ1v) is 16.0. The Kier molecular flexibility index (Phi) is 19.0. The van der Waals surface area contributed by atoms with Gasteiger partial charge in [0.05, 0.1) is 13.2 Å². The molecule has 0 atom stereocenters. The van der Waals surface area contributed by atoms with Gasteiger partial charge in [-0.2, -0.15) is 0 Å². The molecule has 0 saturated heterocycles. The minimum absolute atomic E-state index is 0.0674. The van der Waals surface area contributed by atoms with Crippen LogP contribution in [-0.4, -0.2) is 37.9 Å². The van der Waals surface area contributed by atoms with Gasteiger partial charge in [-0.05, 0) is 61.4 Å². The first-order valence-electron chi connectivity index (χ1n) is 16.0. The molecule has 42 heavy (non-hydrogen) atoms. The lowest BCUT2D eigenvalue weighted by Crippen LogP contribution is -2.20. The summed E-state index contributed by atoms with van der Waals surface area (Å²) in [7, 11) is 0. The average Bonchev–Trinajstić information content (AvgIpc) is 3.01. The van der Waals surface area contributed by atoms with Crippen LogP contribution in [0.15, 0.2) is 73.1 Å². The summed E-state index contributed by atoms with van der Waals surface area (Å²) in [5.41, 5.74) is 1.24. The van der Waals surface area contributed by atoms with Crippen LogP contribution in [0.3, 0.4) is 0 Å². The number of unbranched alkanes of at least 4 members (excludes halogenated alkanes) is 10. The van der Waals surface area contributed by atoms with E-state index in [0.717, 1.165) is 24.3 Å². The summed E-state index contributed by atoms with van der Waals surface area (Å²) in [6.07, 6.45) is 21.1. The van der Waals surface area contributed by atoms with Crippen molar-refractivity contribution in [3.05, 3.63) is 84.2 Å². The number of carbonyl (C=O) groups excluding carboxylic acids is 2. The molecule has 0 fully saturated rings. The number of nitrogens with one attached hydrogen (secondary N) is 2. The summed E-state index contributed by atoms with van der Waals surface area (Å²) in [5.74, 6) is 1.46. The summed E-state index contributed by atoms with van der Waals surface area (Å²) in [5, 5.41) is 6.18. The van der Waals surface area contributed by atoms with E-state index in [1.54, 1.807) is 36.7 Å². The van der Waals surface area contributed by atoms with Crippen molar-refractivity contribution >= 4 is 11.6 Å². The molecular weight excluding hydrogens is 524 g/mol. The predicted octanol–water partition coefficient (Wildman–Crippen LogP) is 8.44. The van der Waals surface area contributed by atoms with E-state index >= 15 is 0 Å². The number of allylic oxidation sites excluding steroid dienone is 2. The number of hydrogen-bond donors (Lipinski definition) is 2. The van der Waals surface area contributed by atoms with Crippen molar-refractivity contribution in [3.63, 3.8) is 0 Å². The van der Waals surface area contributed by atoms with Crippen LogP contribution in [0.4, 0.5) is 0 Å². The molecule has 0 aliphatic rings. The van der Waals surface area contributed by atoms with Crippen LogP contribution < -0.4 is 20.1 Å². The zero-order valence-corrected chi connectivity index (χ0v) is 25.9. The standard InChI is InChI=1S/C36H52N2O4/c1-3-5-7-9-11-13-29-41-33-19-15-31(16-20-33)35(39)23-25-37-27-28-38-26-24-36(40)32-17-21-34(22-18-32)42-30-14-12-10-8-6-4-2/h15-26,37-38H,3-14,27-30H2,1-2H3/b25-23+,26-24+. The van der Waals surface area contributed by atoms with Gasteiger partial charge in [0.2, 0.25) is 0 Å². The van der Waals surface area contributed by atoms with Crippen LogP contribution in [0.5, 0.6) is 11.5 Å². The number of carbonyl (C=O) groups is 2. The first kappa shape index (κ1) is 34.7. The van der Waals surface area contributed by atoms with Gasteiger partial charge < -0.3 is 20.1 Å². The van der Waals surface area contributed by atoms with E-state index in [0.29, 0.717) is 37.4 Å². The fraction of sp³-hybridized carbons (Fsp3) is 0.500. The molecule has 0 spiro atoms. The molecule has 2 rings (SSSR count). The summed E-state index contributed by atoms with van der Waals surface area (Å²) >= 11 is 0. The van der Waals surface area contributed by atoms with Crippen LogP contribution >= 0.6 is 0 Å². The fourth-order valence-corrected chi connectivity index (χ4v) is 4.35. The van der Waals surface area contributed by atoms with E-state index in [1.165, 1.54) is 76.4 Å². The smallest absolute Gasteiger partial charge is 0.187 e. The molecule has 2 aromatic carbocycles. The highest BCUT2D eigenvalue weighted by molar-refractivity contribution is 6.05. The number of rotatable bonds is 25. The minimum atomic E-state index is -0.0674. The van der Waals surface area contributed by atoms with Crippen molar-refractivity contribution in [2.75, 3.05) is 26.3 Å². The van der Waals surface area contributed by atoms with E-state index in [-0.39, 0.29) is 11.6 Å². The van der Waals surface area contributed by atoms with Crippen molar-refractivity contribution in [2.45, 2.75) is 90.9 Å². The lowest BCUT2D eigenvalue weighted by atomic mass is 10.1. The largest absolute Gasteiger partial charge is 0.494 e.